The Morgan fingerprint density at radius 1 is 1.09 bits per heavy atom. The fraction of sp³-hybridized carbons (Fsp3) is 0.125. The Hall–Kier alpha value is -3.75. The standard InChI is InChI=1S/C24H17Cl2NO7/c1-32-22-15(10-13(25)11-16(22)26)20(28)18-19(17-4-3-9-34-17)27(23(30)21(18)29)14-7-5-12(6-8-14)24(31)33-2/h3-11,19,28H,1-2H3/b20-18-. The molecule has 0 spiro atoms. The average molecular weight is 502 g/mol. The van der Waals surface area contributed by atoms with Crippen LogP contribution < -0.4 is 9.64 Å². The molecule has 34 heavy (non-hydrogen) atoms. The number of ketones is 1. The minimum absolute atomic E-state index is 0.0376. The smallest absolute Gasteiger partial charge is 0.337 e. The molecular weight excluding hydrogens is 485 g/mol. The number of amides is 1. The summed E-state index contributed by atoms with van der Waals surface area (Å²) >= 11 is 12.3. The number of carbonyl (C=O) groups excluding carboxylic acids is 3. The number of methoxy groups -OCH3 is 2. The van der Waals surface area contributed by atoms with E-state index in [2.05, 4.69) is 0 Å². The summed E-state index contributed by atoms with van der Waals surface area (Å²) in [7, 11) is 2.60. The maximum atomic E-state index is 13.2. The van der Waals surface area contributed by atoms with Crippen molar-refractivity contribution in [2.45, 2.75) is 6.04 Å². The van der Waals surface area contributed by atoms with Gasteiger partial charge in [-0.2, -0.15) is 0 Å². The first-order valence-electron chi connectivity index (χ1n) is 9.84. The van der Waals surface area contributed by atoms with Crippen LogP contribution in [-0.2, 0) is 14.3 Å². The summed E-state index contributed by atoms with van der Waals surface area (Å²) in [6.07, 6.45) is 1.38. The minimum atomic E-state index is -1.11. The predicted molar refractivity (Wildman–Crippen MR) is 124 cm³/mol. The molecule has 1 aliphatic rings. The molecule has 1 unspecified atom stereocenters. The van der Waals surface area contributed by atoms with Crippen LogP contribution in [0.2, 0.25) is 10.0 Å². The van der Waals surface area contributed by atoms with Gasteiger partial charge in [-0.1, -0.05) is 23.2 Å². The average Bonchev–Trinajstić information content (AvgIpc) is 3.44. The first-order valence-corrected chi connectivity index (χ1v) is 10.6. The lowest BCUT2D eigenvalue weighted by atomic mass is 9.98. The summed E-state index contributed by atoms with van der Waals surface area (Å²) in [5.74, 6) is -2.63. The summed E-state index contributed by atoms with van der Waals surface area (Å²) in [4.78, 5) is 39.3. The number of rotatable bonds is 5. The molecule has 1 amide bonds. The van der Waals surface area contributed by atoms with Gasteiger partial charge in [0.2, 0.25) is 0 Å². The van der Waals surface area contributed by atoms with Gasteiger partial charge in [-0.25, -0.2) is 4.79 Å². The van der Waals surface area contributed by atoms with Gasteiger partial charge in [0.25, 0.3) is 11.7 Å². The molecule has 1 N–H and O–H groups in total. The second-order valence-corrected chi connectivity index (χ2v) is 8.04. The highest BCUT2D eigenvalue weighted by atomic mass is 35.5. The number of halogens is 2. The largest absolute Gasteiger partial charge is 0.507 e. The molecule has 0 aliphatic carbocycles. The van der Waals surface area contributed by atoms with Crippen LogP contribution in [0, 0.1) is 0 Å². The molecule has 1 atom stereocenters. The van der Waals surface area contributed by atoms with Crippen molar-refractivity contribution in [1.29, 1.82) is 0 Å². The zero-order valence-corrected chi connectivity index (χ0v) is 19.4. The predicted octanol–water partition coefficient (Wildman–Crippen LogP) is 5.01. The van der Waals surface area contributed by atoms with Crippen LogP contribution in [0.25, 0.3) is 5.76 Å². The summed E-state index contributed by atoms with van der Waals surface area (Å²) in [5, 5.41) is 11.5. The van der Waals surface area contributed by atoms with Crippen molar-refractivity contribution < 1.29 is 33.4 Å². The van der Waals surface area contributed by atoms with Gasteiger partial charge < -0.3 is 19.0 Å². The van der Waals surface area contributed by atoms with Gasteiger partial charge in [0.15, 0.2) is 0 Å². The molecule has 0 bridgehead atoms. The van der Waals surface area contributed by atoms with Crippen LogP contribution >= 0.6 is 23.2 Å². The lowest BCUT2D eigenvalue weighted by molar-refractivity contribution is -0.132. The van der Waals surface area contributed by atoms with Crippen LogP contribution in [-0.4, -0.2) is 37.0 Å². The van der Waals surface area contributed by atoms with Crippen molar-refractivity contribution in [3.8, 4) is 5.75 Å². The van der Waals surface area contributed by atoms with Crippen molar-refractivity contribution in [1.82, 2.24) is 0 Å². The first-order chi connectivity index (χ1) is 16.3. The van der Waals surface area contributed by atoms with Gasteiger partial charge in [0.1, 0.15) is 23.3 Å². The van der Waals surface area contributed by atoms with Gasteiger partial charge in [0.05, 0.1) is 42.2 Å². The van der Waals surface area contributed by atoms with E-state index < -0.39 is 29.5 Å². The second-order valence-electron chi connectivity index (χ2n) is 7.19. The van der Waals surface area contributed by atoms with Gasteiger partial charge in [-0.15, -0.1) is 0 Å². The molecule has 4 rings (SSSR count). The molecule has 10 heteroatoms. The molecule has 0 saturated carbocycles. The highest BCUT2D eigenvalue weighted by Gasteiger charge is 2.48. The molecule has 1 aromatic heterocycles. The van der Waals surface area contributed by atoms with Gasteiger partial charge in [-0.05, 0) is 48.5 Å². The summed E-state index contributed by atoms with van der Waals surface area (Å²) in [6.45, 7) is 0. The SMILES string of the molecule is COC(=O)c1ccc(N2C(=O)C(=O)/C(=C(\O)c3cc(Cl)cc(Cl)c3OC)C2c2ccco2)cc1. The van der Waals surface area contributed by atoms with Crippen LogP contribution in [0.5, 0.6) is 5.75 Å². The van der Waals surface area contributed by atoms with Crippen molar-refractivity contribution in [2.24, 2.45) is 0 Å². The first kappa shape index (κ1) is 23.4. The van der Waals surface area contributed by atoms with E-state index in [4.69, 9.17) is 37.1 Å². The summed E-state index contributed by atoms with van der Waals surface area (Å²) in [6, 6.07) is 10.7. The van der Waals surface area contributed by atoms with E-state index in [0.717, 1.165) is 0 Å². The lowest BCUT2D eigenvalue weighted by Gasteiger charge is -2.23. The molecule has 1 aliphatic heterocycles. The Labute approximate surface area is 203 Å². The molecule has 8 nitrogen and oxygen atoms in total. The number of nitrogens with zero attached hydrogens (tertiary/aromatic N) is 1. The summed E-state index contributed by atoms with van der Waals surface area (Å²) in [5.41, 5.74) is 0.353. The zero-order chi connectivity index (χ0) is 24.6. The van der Waals surface area contributed by atoms with E-state index in [9.17, 15) is 19.5 Å². The molecule has 2 heterocycles. The normalized spacial score (nSPS) is 17.2. The Morgan fingerprint density at radius 2 is 1.79 bits per heavy atom. The van der Waals surface area contributed by atoms with Gasteiger partial charge in [-0.3, -0.25) is 14.5 Å². The van der Waals surface area contributed by atoms with Crippen molar-refractivity contribution in [3.63, 3.8) is 0 Å². The van der Waals surface area contributed by atoms with Crippen LogP contribution in [0.15, 0.2) is 64.8 Å². The maximum Gasteiger partial charge on any atom is 0.337 e. The maximum absolute atomic E-state index is 13.2. The monoisotopic (exact) mass is 501 g/mol. The molecule has 174 valence electrons. The van der Waals surface area contributed by atoms with E-state index in [-0.39, 0.29) is 38.3 Å². The number of esters is 1. The third kappa shape index (κ3) is 3.91. The number of hydrogen-bond acceptors (Lipinski definition) is 7. The Bertz CT molecular complexity index is 1310. The quantitative estimate of drug-likeness (QED) is 0.226. The van der Waals surface area contributed by atoms with E-state index in [1.807, 2.05) is 0 Å². The van der Waals surface area contributed by atoms with Crippen LogP contribution in [0.4, 0.5) is 5.69 Å². The fourth-order valence-electron chi connectivity index (χ4n) is 3.78. The number of aliphatic hydroxyl groups is 1. The van der Waals surface area contributed by atoms with Gasteiger partial charge >= 0.3 is 5.97 Å². The van der Waals surface area contributed by atoms with E-state index in [1.54, 1.807) is 12.1 Å². The molecule has 0 radical (unpaired) electrons. The molecule has 1 saturated heterocycles. The minimum Gasteiger partial charge on any atom is -0.507 e. The van der Waals surface area contributed by atoms with Crippen molar-refractivity contribution >= 4 is 52.3 Å². The lowest BCUT2D eigenvalue weighted by Crippen LogP contribution is -2.29. The summed E-state index contributed by atoms with van der Waals surface area (Å²) < 4.78 is 15.5. The van der Waals surface area contributed by atoms with Crippen LogP contribution in [0.3, 0.4) is 0 Å². The fourth-order valence-corrected chi connectivity index (χ4v) is 4.35. The van der Waals surface area contributed by atoms with E-state index in [1.165, 1.54) is 61.8 Å². The highest BCUT2D eigenvalue weighted by molar-refractivity contribution is 6.51. The zero-order valence-electron chi connectivity index (χ0n) is 17.9. The van der Waals surface area contributed by atoms with E-state index in [0.29, 0.717) is 5.69 Å². The Kier molecular flexibility index (Phi) is 6.37. The topological polar surface area (TPSA) is 106 Å². The number of carbonyl (C=O) groups is 3. The Morgan fingerprint density at radius 3 is 2.38 bits per heavy atom. The molecule has 1 fully saturated rings. The molecule has 2 aromatic carbocycles. The number of hydrogen-bond donors (Lipinski definition) is 1. The Balaban J connectivity index is 1.92. The van der Waals surface area contributed by atoms with Crippen molar-refractivity contribution in [2.75, 3.05) is 19.1 Å². The number of Topliss-reactive ketones (excluding diaryl/α,β-unsaturated/α-hetero) is 1. The van der Waals surface area contributed by atoms with Crippen molar-refractivity contribution in [3.05, 3.63) is 87.3 Å². The highest BCUT2D eigenvalue weighted by Crippen LogP contribution is 2.45. The van der Waals surface area contributed by atoms with Crippen LogP contribution in [0.1, 0.15) is 27.7 Å². The third-order valence-corrected chi connectivity index (χ3v) is 5.79. The van der Waals surface area contributed by atoms with E-state index >= 15 is 0 Å². The molecular formula is C24H17Cl2NO7. The second kappa shape index (κ2) is 9.24. The number of aliphatic hydroxyl groups excluding tert-OH is 1. The van der Waals surface area contributed by atoms with Gasteiger partial charge in [0, 0.05) is 10.7 Å². The third-order valence-electron chi connectivity index (χ3n) is 5.29. The number of anilines is 1. The molecule has 3 aromatic rings. The number of ether oxygens (including phenoxy) is 2. The number of furan rings is 1. The number of benzene rings is 2.